The lowest BCUT2D eigenvalue weighted by Gasteiger charge is -2.37. The summed E-state index contributed by atoms with van der Waals surface area (Å²) in [5.41, 5.74) is 8.29. The van der Waals surface area contributed by atoms with Gasteiger partial charge < -0.3 is 15.0 Å². The molecule has 3 aromatic carbocycles. The van der Waals surface area contributed by atoms with Gasteiger partial charge in [-0.25, -0.2) is 17.6 Å². The summed E-state index contributed by atoms with van der Waals surface area (Å²) in [6.07, 6.45) is 7.17. The van der Waals surface area contributed by atoms with Crippen LogP contribution < -0.4 is 10.3 Å². The Kier molecular flexibility index (Phi) is 9.98. The van der Waals surface area contributed by atoms with E-state index in [1.165, 1.54) is 18.0 Å². The summed E-state index contributed by atoms with van der Waals surface area (Å²) in [5.74, 6) is 1.08. The van der Waals surface area contributed by atoms with E-state index in [4.69, 9.17) is 10.5 Å². The highest BCUT2D eigenvalue weighted by atomic mass is 32.2. The SMILES string of the molecule is COCC[n+]1ccn([C@H]2CC[C@@H](C(C(N)=O)(c3ccccc3)c3ccccc3)C2)c1C.Cc1ccc(S(=O)(=O)[O-])cc1. The predicted molar refractivity (Wildman–Crippen MR) is 160 cm³/mol. The van der Waals surface area contributed by atoms with E-state index in [1.54, 1.807) is 19.2 Å². The summed E-state index contributed by atoms with van der Waals surface area (Å²) < 4.78 is 41.0. The number of ether oxygens (including phenoxy) is 1. The largest absolute Gasteiger partial charge is 0.744 e. The molecule has 9 heteroatoms. The first-order valence-electron chi connectivity index (χ1n) is 14.1. The number of rotatable bonds is 9. The highest BCUT2D eigenvalue weighted by Gasteiger charge is 2.51. The molecule has 5 rings (SSSR count). The zero-order valence-corrected chi connectivity index (χ0v) is 25.2. The van der Waals surface area contributed by atoms with E-state index < -0.39 is 15.5 Å². The second-order valence-electron chi connectivity index (χ2n) is 10.8. The van der Waals surface area contributed by atoms with Crippen molar-refractivity contribution in [1.29, 1.82) is 0 Å². The van der Waals surface area contributed by atoms with Crippen molar-refractivity contribution in [3.63, 3.8) is 0 Å². The molecule has 8 nitrogen and oxygen atoms in total. The van der Waals surface area contributed by atoms with Crippen molar-refractivity contribution in [1.82, 2.24) is 4.57 Å². The number of imidazole rings is 1. The summed E-state index contributed by atoms with van der Waals surface area (Å²) in [7, 11) is -2.54. The van der Waals surface area contributed by atoms with Crippen LogP contribution in [0.15, 0.2) is 102 Å². The molecule has 1 fully saturated rings. The van der Waals surface area contributed by atoms with Crippen molar-refractivity contribution >= 4 is 16.0 Å². The van der Waals surface area contributed by atoms with Gasteiger partial charge in [-0.3, -0.25) is 4.79 Å². The molecular weight excluding hydrogens is 550 g/mol. The molecule has 0 bridgehead atoms. The van der Waals surface area contributed by atoms with E-state index in [9.17, 15) is 17.8 Å². The van der Waals surface area contributed by atoms with E-state index >= 15 is 0 Å². The van der Waals surface area contributed by atoms with Gasteiger partial charge in [0.25, 0.3) is 5.82 Å². The number of methoxy groups -OCH3 is 1. The highest BCUT2D eigenvalue weighted by molar-refractivity contribution is 7.85. The van der Waals surface area contributed by atoms with Gasteiger partial charge in [0, 0.05) is 14.0 Å². The lowest BCUT2D eigenvalue weighted by atomic mass is 9.64. The average molecular weight is 590 g/mol. The molecule has 222 valence electrons. The number of carbonyl (C=O) groups excluding carboxylic acids is 1. The minimum Gasteiger partial charge on any atom is -0.744 e. The summed E-state index contributed by atoms with van der Waals surface area (Å²) in [6, 6.07) is 26.3. The number of aromatic nitrogens is 2. The first-order valence-corrected chi connectivity index (χ1v) is 15.5. The molecule has 2 atom stereocenters. The van der Waals surface area contributed by atoms with E-state index in [0.717, 1.165) is 42.5 Å². The molecule has 0 spiro atoms. The van der Waals surface area contributed by atoms with Crippen molar-refractivity contribution in [2.75, 3.05) is 13.7 Å². The lowest BCUT2D eigenvalue weighted by molar-refractivity contribution is -0.703. The Morgan fingerprint density at radius 1 is 0.976 bits per heavy atom. The third-order valence-corrected chi connectivity index (χ3v) is 9.15. The smallest absolute Gasteiger partial charge is 0.253 e. The number of primary amides is 1. The number of benzene rings is 3. The van der Waals surface area contributed by atoms with Crippen LogP contribution in [0.3, 0.4) is 0 Å². The maximum atomic E-state index is 13.2. The van der Waals surface area contributed by atoms with Crippen molar-refractivity contribution < 1.29 is 27.1 Å². The van der Waals surface area contributed by atoms with E-state index in [0.29, 0.717) is 12.6 Å². The number of nitrogens with two attached hydrogens (primary N) is 1. The van der Waals surface area contributed by atoms with Gasteiger partial charge in [-0.2, -0.15) is 0 Å². The molecule has 0 radical (unpaired) electrons. The topological polar surface area (TPSA) is 118 Å². The second kappa shape index (κ2) is 13.5. The zero-order valence-electron chi connectivity index (χ0n) is 24.3. The van der Waals surface area contributed by atoms with Gasteiger partial charge in [0.1, 0.15) is 40.5 Å². The number of carbonyl (C=O) groups is 1. The Labute approximate surface area is 248 Å². The molecular formula is C33H39N3O5S. The summed E-state index contributed by atoms with van der Waals surface area (Å²) in [5, 5.41) is 0. The van der Waals surface area contributed by atoms with E-state index in [2.05, 4.69) is 28.5 Å². The Hall–Kier alpha value is -3.79. The first-order chi connectivity index (χ1) is 20.1. The predicted octanol–water partition coefficient (Wildman–Crippen LogP) is 4.44. The standard InChI is InChI=1S/C26H31N3O2.C7H8O3S/c1-20-28(17-18-31-2)15-16-29(20)24-14-13-23(19-24)26(25(27)30,21-9-5-3-6-10-21)22-11-7-4-8-12-22;1-6-2-4-7(5-3-6)11(8,9)10/h3-12,15-16,23-24H,13-14,17-19H2,1-2H3,(H-,27,30);2-5H,1H3,(H,8,9,10)/t23-,24+;/m1./s1. The van der Waals surface area contributed by atoms with Crippen molar-refractivity contribution in [3.05, 3.63) is 120 Å². The average Bonchev–Trinajstić information content (AvgIpc) is 3.60. The molecule has 1 aromatic heterocycles. The second-order valence-corrected chi connectivity index (χ2v) is 12.2. The van der Waals surface area contributed by atoms with Crippen molar-refractivity contribution in [3.8, 4) is 0 Å². The van der Waals surface area contributed by atoms with Crippen molar-refractivity contribution in [2.45, 2.75) is 56.0 Å². The fraction of sp³-hybridized carbons (Fsp3) is 0.333. The molecule has 1 aliphatic rings. The van der Waals surface area contributed by atoms with Crippen LogP contribution in [0.2, 0.25) is 0 Å². The van der Waals surface area contributed by atoms with Gasteiger partial charge in [0.2, 0.25) is 5.91 Å². The molecule has 42 heavy (non-hydrogen) atoms. The minimum atomic E-state index is -4.27. The normalized spacial score (nSPS) is 17.0. The number of hydrogen-bond donors (Lipinski definition) is 1. The van der Waals surface area contributed by atoms with Gasteiger partial charge in [-0.1, -0.05) is 78.4 Å². The fourth-order valence-corrected chi connectivity index (χ4v) is 6.63. The van der Waals surface area contributed by atoms with Gasteiger partial charge in [0.15, 0.2) is 0 Å². The van der Waals surface area contributed by atoms with Crippen LogP contribution in [0, 0.1) is 19.8 Å². The van der Waals surface area contributed by atoms with Gasteiger partial charge in [0.05, 0.1) is 11.5 Å². The maximum absolute atomic E-state index is 13.2. The molecule has 0 saturated heterocycles. The van der Waals surface area contributed by atoms with Gasteiger partial charge >= 0.3 is 0 Å². The molecule has 1 saturated carbocycles. The maximum Gasteiger partial charge on any atom is 0.253 e. The summed E-state index contributed by atoms with van der Waals surface area (Å²) in [6.45, 7) is 5.50. The van der Waals surface area contributed by atoms with Crippen LogP contribution in [-0.4, -0.2) is 37.2 Å². The number of nitrogens with zero attached hydrogens (tertiary/aromatic N) is 2. The van der Waals surface area contributed by atoms with E-state index in [1.807, 2.05) is 67.6 Å². The third kappa shape index (κ3) is 6.64. The number of hydrogen-bond acceptors (Lipinski definition) is 5. The highest BCUT2D eigenvalue weighted by Crippen LogP contribution is 2.49. The van der Waals surface area contributed by atoms with Gasteiger partial charge in [-0.05, 0) is 55.4 Å². The molecule has 2 N–H and O–H groups in total. The van der Waals surface area contributed by atoms with Crippen LogP contribution in [0.5, 0.6) is 0 Å². The van der Waals surface area contributed by atoms with Crippen molar-refractivity contribution in [2.24, 2.45) is 11.7 Å². The zero-order chi connectivity index (χ0) is 30.3. The first kappa shape index (κ1) is 31.2. The number of aryl methyl sites for hydroxylation is 1. The molecule has 1 aliphatic carbocycles. The molecule has 1 amide bonds. The molecule has 1 heterocycles. The molecule has 4 aromatic rings. The monoisotopic (exact) mass is 589 g/mol. The Morgan fingerprint density at radius 3 is 2.05 bits per heavy atom. The van der Waals surface area contributed by atoms with Crippen LogP contribution in [0.25, 0.3) is 0 Å². The van der Waals surface area contributed by atoms with Crippen LogP contribution >= 0.6 is 0 Å². The molecule has 0 unspecified atom stereocenters. The molecule has 0 aliphatic heterocycles. The fourth-order valence-electron chi connectivity index (χ4n) is 6.16. The quantitative estimate of drug-likeness (QED) is 0.229. The van der Waals surface area contributed by atoms with Crippen LogP contribution in [0.1, 0.15) is 47.8 Å². The third-order valence-electron chi connectivity index (χ3n) is 8.30. The Bertz CT molecular complexity index is 1530. The van der Waals surface area contributed by atoms with Crippen LogP contribution in [-0.2, 0) is 31.6 Å². The van der Waals surface area contributed by atoms with Crippen LogP contribution in [0.4, 0.5) is 0 Å². The van der Waals surface area contributed by atoms with E-state index in [-0.39, 0.29) is 16.7 Å². The Morgan fingerprint density at radius 2 is 1.55 bits per heavy atom. The number of amides is 1. The Balaban J connectivity index is 0.000000310. The lowest BCUT2D eigenvalue weighted by Crippen LogP contribution is -2.47. The summed E-state index contributed by atoms with van der Waals surface area (Å²) in [4.78, 5) is 13.1. The summed E-state index contributed by atoms with van der Waals surface area (Å²) >= 11 is 0. The van der Waals surface area contributed by atoms with Gasteiger partial charge in [-0.15, -0.1) is 0 Å². The minimum absolute atomic E-state index is 0.133.